The molecule has 0 spiro atoms. The quantitative estimate of drug-likeness (QED) is 0.389. The number of carbonyl (C=O) groups is 1. The second kappa shape index (κ2) is 10.7. The fraction of sp³-hybridized carbons (Fsp3) is 0.346. The van der Waals surface area contributed by atoms with E-state index in [0.717, 1.165) is 39.9 Å². The molecule has 3 aromatic rings. The third kappa shape index (κ3) is 5.76. The number of unbranched alkanes of at least 4 members (excludes halogenated alkanes) is 3. The first-order valence-electron chi connectivity index (χ1n) is 10.7. The number of nitrogens with one attached hydrogen (secondary N) is 1. The van der Waals surface area contributed by atoms with Crippen LogP contribution in [0.5, 0.6) is 11.5 Å². The molecule has 30 heavy (non-hydrogen) atoms. The highest BCUT2D eigenvalue weighted by molar-refractivity contribution is 5.96. The second-order valence-electron chi connectivity index (χ2n) is 7.62. The molecule has 0 aliphatic heterocycles. The molecule has 0 radical (unpaired) electrons. The summed E-state index contributed by atoms with van der Waals surface area (Å²) in [6.07, 6.45) is 4.68. The van der Waals surface area contributed by atoms with Gasteiger partial charge < -0.3 is 14.8 Å². The number of carbonyl (C=O) groups excluding carboxylic acids is 1. The molecule has 0 aromatic heterocycles. The van der Waals surface area contributed by atoms with Crippen molar-refractivity contribution in [1.82, 2.24) is 0 Å². The molecular formula is C26H31NO3. The molecule has 3 aromatic carbocycles. The Morgan fingerprint density at radius 3 is 2.53 bits per heavy atom. The molecule has 4 nitrogen and oxygen atoms in total. The van der Waals surface area contributed by atoms with Crippen LogP contribution in [0.3, 0.4) is 0 Å². The van der Waals surface area contributed by atoms with Gasteiger partial charge in [0.25, 0.3) is 0 Å². The van der Waals surface area contributed by atoms with Gasteiger partial charge in [0.05, 0.1) is 19.6 Å². The van der Waals surface area contributed by atoms with Crippen LogP contribution >= 0.6 is 0 Å². The van der Waals surface area contributed by atoms with Crippen LogP contribution in [0.15, 0.2) is 60.7 Å². The van der Waals surface area contributed by atoms with Crippen molar-refractivity contribution in [1.29, 1.82) is 0 Å². The number of rotatable bonds is 10. The Balaban J connectivity index is 1.62. The van der Waals surface area contributed by atoms with E-state index in [-0.39, 0.29) is 11.8 Å². The Morgan fingerprint density at radius 2 is 1.73 bits per heavy atom. The molecule has 0 aliphatic rings. The summed E-state index contributed by atoms with van der Waals surface area (Å²) in [5.41, 5.74) is 1.73. The summed E-state index contributed by atoms with van der Waals surface area (Å²) in [5, 5.41) is 5.20. The van der Waals surface area contributed by atoms with Gasteiger partial charge in [0.1, 0.15) is 11.5 Å². The fourth-order valence-corrected chi connectivity index (χ4v) is 3.42. The Labute approximate surface area is 179 Å². The Kier molecular flexibility index (Phi) is 7.72. The molecule has 0 saturated carbocycles. The van der Waals surface area contributed by atoms with Crippen molar-refractivity contribution in [2.75, 3.05) is 19.0 Å². The van der Waals surface area contributed by atoms with Crippen LogP contribution < -0.4 is 14.8 Å². The van der Waals surface area contributed by atoms with E-state index in [2.05, 4.69) is 18.3 Å². The van der Waals surface area contributed by atoms with E-state index in [1.165, 1.54) is 19.3 Å². The minimum Gasteiger partial charge on any atom is -0.497 e. The smallest absolute Gasteiger partial charge is 0.231 e. The number of ether oxygens (including phenoxy) is 2. The lowest BCUT2D eigenvalue weighted by Gasteiger charge is -2.14. The monoisotopic (exact) mass is 405 g/mol. The summed E-state index contributed by atoms with van der Waals surface area (Å²) in [4.78, 5) is 12.8. The molecule has 0 unspecified atom stereocenters. The van der Waals surface area contributed by atoms with E-state index in [1.54, 1.807) is 7.11 Å². The summed E-state index contributed by atoms with van der Waals surface area (Å²) in [7, 11) is 1.66. The molecule has 1 N–H and O–H groups in total. The summed E-state index contributed by atoms with van der Waals surface area (Å²) in [6, 6.07) is 19.7. The summed E-state index contributed by atoms with van der Waals surface area (Å²) < 4.78 is 11.1. The highest BCUT2D eigenvalue weighted by Crippen LogP contribution is 2.26. The predicted molar refractivity (Wildman–Crippen MR) is 124 cm³/mol. The summed E-state index contributed by atoms with van der Waals surface area (Å²) in [5.74, 6) is 1.31. The van der Waals surface area contributed by atoms with Gasteiger partial charge in [-0.15, -0.1) is 0 Å². The van der Waals surface area contributed by atoms with E-state index in [1.807, 2.05) is 61.5 Å². The highest BCUT2D eigenvalue weighted by atomic mass is 16.5. The molecule has 4 heteroatoms. The molecular weight excluding hydrogens is 374 g/mol. The minimum atomic E-state index is -0.268. The number of anilines is 1. The first-order valence-corrected chi connectivity index (χ1v) is 10.7. The lowest BCUT2D eigenvalue weighted by molar-refractivity contribution is -0.117. The van der Waals surface area contributed by atoms with Gasteiger partial charge in [-0.3, -0.25) is 4.79 Å². The second-order valence-corrected chi connectivity index (χ2v) is 7.62. The van der Waals surface area contributed by atoms with Gasteiger partial charge in [0.2, 0.25) is 5.91 Å². The van der Waals surface area contributed by atoms with E-state index < -0.39 is 0 Å². The third-order valence-electron chi connectivity index (χ3n) is 5.33. The molecule has 0 aliphatic carbocycles. The number of hydrogen-bond donors (Lipinski definition) is 1. The lowest BCUT2D eigenvalue weighted by Crippen LogP contribution is -2.18. The molecule has 0 fully saturated rings. The Morgan fingerprint density at radius 1 is 0.933 bits per heavy atom. The number of amides is 1. The molecule has 0 heterocycles. The standard InChI is InChI=1S/C26H31NO3/c1-4-5-6-7-15-30-25-10-8-9-23(18-25)27-26(28)19(2)20-11-12-22-17-24(29-3)14-13-21(22)16-20/h8-14,16-19H,4-7,15H2,1-3H3,(H,27,28)/t19-/m0/s1. The zero-order chi connectivity index (χ0) is 21.3. The van der Waals surface area contributed by atoms with E-state index in [0.29, 0.717) is 6.61 Å². The van der Waals surface area contributed by atoms with Gasteiger partial charge in [0, 0.05) is 11.8 Å². The number of fused-ring (bicyclic) bond motifs is 1. The summed E-state index contributed by atoms with van der Waals surface area (Å²) in [6.45, 7) is 4.83. The van der Waals surface area contributed by atoms with Gasteiger partial charge in [-0.25, -0.2) is 0 Å². The van der Waals surface area contributed by atoms with Gasteiger partial charge in [-0.1, -0.05) is 56.5 Å². The SMILES string of the molecule is CCCCCCOc1cccc(NC(=O)[C@@H](C)c2ccc3cc(OC)ccc3c2)c1. The van der Waals surface area contributed by atoms with Crippen molar-refractivity contribution in [3.05, 3.63) is 66.2 Å². The highest BCUT2D eigenvalue weighted by Gasteiger charge is 2.16. The maximum atomic E-state index is 12.8. The minimum absolute atomic E-state index is 0.0389. The lowest BCUT2D eigenvalue weighted by atomic mass is 9.97. The van der Waals surface area contributed by atoms with E-state index in [9.17, 15) is 4.79 Å². The van der Waals surface area contributed by atoms with Crippen molar-refractivity contribution in [3.8, 4) is 11.5 Å². The van der Waals surface area contributed by atoms with Crippen LogP contribution in [0.1, 0.15) is 51.0 Å². The molecule has 1 atom stereocenters. The predicted octanol–water partition coefficient (Wildman–Crippen LogP) is 6.55. The van der Waals surface area contributed by atoms with E-state index >= 15 is 0 Å². The fourth-order valence-electron chi connectivity index (χ4n) is 3.42. The molecule has 158 valence electrons. The van der Waals surface area contributed by atoms with E-state index in [4.69, 9.17) is 9.47 Å². The van der Waals surface area contributed by atoms with Gasteiger partial charge >= 0.3 is 0 Å². The molecule has 0 saturated heterocycles. The van der Waals surface area contributed by atoms with Gasteiger partial charge in [0.15, 0.2) is 0 Å². The van der Waals surface area contributed by atoms with Gasteiger partial charge in [-0.05, 0) is 53.9 Å². The van der Waals surface area contributed by atoms with Crippen molar-refractivity contribution >= 4 is 22.4 Å². The third-order valence-corrected chi connectivity index (χ3v) is 5.33. The maximum Gasteiger partial charge on any atom is 0.231 e. The van der Waals surface area contributed by atoms with Crippen LogP contribution in [0.25, 0.3) is 10.8 Å². The van der Waals surface area contributed by atoms with Crippen molar-refractivity contribution in [2.24, 2.45) is 0 Å². The zero-order valence-electron chi connectivity index (χ0n) is 18.1. The molecule has 3 rings (SSSR count). The van der Waals surface area contributed by atoms with Crippen LogP contribution in [0.4, 0.5) is 5.69 Å². The average Bonchev–Trinajstić information content (AvgIpc) is 2.78. The zero-order valence-corrected chi connectivity index (χ0v) is 18.1. The van der Waals surface area contributed by atoms with Crippen LogP contribution in [0.2, 0.25) is 0 Å². The van der Waals surface area contributed by atoms with Crippen molar-refractivity contribution in [2.45, 2.75) is 45.4 Å². The first-order chi connectivity index (χ1) is 14.6. The first kappa shape index (κ1) is 21.7. The molecule has 0 bridgehead atoms. The van der Waals surface area contributed by atoms with Crippen LogP contribution in [0, 0.1) is 0 Å². The number of benzene rings is 3. The maximum absolute atomic E-state index is 12.8. The Hall–Kier alpha value is -3.01. The number of hydrogen-bond acceptors (Lipinski definition) is 3. The van der Waals surface area contributed by atoms with Crippen LogP contribution in [-0.4, -0.2) is 19.6 Å². The van der Waals surface area contributed by atoms with Crippen LogP contribution in [-0.2, 0) is 4.79 Å². The van der Waals surface area contributed by atoms with Gasteiger partial charge in [-0.2, -0.15) is 0 Å². The Bertz CT molecular complexity index is 983. The molecule has 1 amide bonds. The summed E-state index contributed by atoms with van der Waals surface area (Å²) >= 11 is 0. The number of methoxy groups -OCH3 is 1. The normalized spacial score (nSPS) is 11.8. The topological polar surface area (TPSA) is 47.6 Å². The van der Waals surface area contributed by atoms with Crippen molar-refractivity contribution < 1.29 is 14.3 Å². The van der Waals surface area contributed by atoms with Crippen molar-refractivity contribution in [3.63, 3.8) is 0 Å². The largest absolute Gasteiger partial charge is 0.497 e. The average molecular weight is 406 g/mol.